The van der Waals surface area contributed by atoms with E-state index in [0.717, 1.165) is 11.7 Å². The van der Waals surface area contributed by atoms with Gasteiger partial charge in [-0.25, -0.2) is 0 Å². The first-order valence-electron chi connectivity index (χ1n) is 6.14. The van der Waals surface area contributed by atoms with Crippen LogP contribution >= 0.6 is 23.3 Å². The summed E-state index contributed by atoms with van der Waals surface area (Å²) in [7, 11) is 0. The van der Waals surface area contributed by atoms with E-state index in [1.807, 2.05) is 0 Å². The zero-order valence-corrected chi connectivity index (χ0v) is 12.5. The molecule has 0 saturated carbocycles. The molecule has 3 rings (SSSR count). The Balaban J connectivity index is 2.01. The van der Waals surface area contributed by atoms with Crippen LogP contribution in [0.25, 0.3) is 10.9 Å². The standard InChI is InChI=1S/C14H7ClN4O2S/c15-7-1-2-8-10(5-17-11(8)3-7)13(20)9(4-16)14(21)12-6-18-22-19-12/h1-3,5-6,9,17H. The molecule has 0 spiro atoms. The van der Waals surface area contributed by atoms with Crippen LogP contribution in [0.1, 0.15) is 20.8 Å². The number of carbonyl (C=O) groups excluding carboxylic acids is 2. The van der Waals surface area contributed by atoms with E-state index < -0.39 is 17.5 Å². The molecule has 2 heterocycles. The van der Waals surface area contributed by atoms with Crippen LogP contribution in [0.3, 0.4) is 0 Å². The molecule has 1 unspecified atom stereocenters. The fourth-order valence-corrected chi connectivity index (χ4v) is 2.71. The van der Waals surface area contributed by atoms with E-state index in [0.29, 0.717) is 15.9 Å². The normalized spacial score (nSPS) is 12.0. The van der Waals surface area contributed by atoms with Crippen molar-refractivity contribution in [2.45, 2.75) is 0 Å². The van der Waals surface area contributed by atoms with Gasteiger partial charge >= 0.3 is 0 Å². The van der Waals surface area contributed by atoms with Crippen LogP contribution in [0.5, 0.6) is 0 Å². The number of Topliss-reactive ketones (excluding diaryl/α,β-unsaturated/α-hetero) is 2. The molecule has 1 N–H and O–H groups in total. The summed E-state index contributed by atoms with van der Waals surface area (Å²) in [6, 6.07) is 6.73. The Labute approximate surface area is 133 Å². The topological polar surface area (TPSA) is 99.5 Å². The lowest BCUT2D eigenvalue weighted by molar-refractivity contribution is 0.0844. The number of fused-ring (bicyclic) bond motifs is 1. The van der Waals surface area contributed by atoms with Gasteiger partial charge in [-0.2, -0.15) is 14.0 Å². The Bertz CT molecular complexity index is 911. The molecule has 0 fully saturated rings. The molecule has 22 heavy (non-hydrogen) atoms. The Hall–Kier alpha value is -2.56. The van der Waals surface area contributed by atoms with Crippen molar-refractivity contribution in [3.8, 4) is 6.07 Å². The molecule has 0 bridgehead atoms. The smallest absolute Gasteiger partial charge is 0.208 e. The number of aromatic nitrogens is 3. The van der Waals surface area contributed by atoms with Crippen molar-refractivity contribution in [2.75, 3.05) is 0 Å². The summed E-state index contributed by atoms with van der Waals surface area (Å²) in [5.74, 6) is -2.67. The van der Waals surface area contributed by atoms with E-state index >= 15 is 0 Å². The molecule has 108 valence electrons. The van der Waals surface area contributed by atoms with Crippen molar-refractivity contribution in [1.82, 2.24) is 13.7 Å². The van der Waals surface area contributed by atoms with Gasteiger partial charge in [-0.15, -0.1) is 0 Å². The first-order chi connectivity index (χ1) is 10.6. The van der Waals surface area contributed by atoms with Crippen molar-refractivity contribution >= 4 is 45.8 Å². The van der Waals surface area contributed by atoms with E-state index in [1.165, 1.54) is 12.4 Å². The van der Waals surface area contributed by atoms with Crippen LogP contribution in [0.2, 0.25) is 5.02 Å². The SMILES string of the molecule is N#CC(C(=O)c1cnsn1)C(=O)c1c[nH]c2cc(Cl)ccc12. The van der Waals surface area contributed by atoms with Gasteiger partial charge in [-0.3, -0.25) is 9.59 Å². The minimum Gasteiger partial charge on any atom is -0.360 e. The van der Waals surface area contributed by atoms with Gasteiger partial charge in [0.15, 0.2) is 11.7 Å². The van der Waals surface area contributed by atoms with Gasteiger partial charge in [-0.1, -0.05) is 17.7 Å². The van der Waals surface area contributed by atoms with Crippen molar-refractivity contribution in [3.63, 3.8) is 0 Å². The van der Waals surface area contributed by atoms with Gasteiger partial charge in [0.05, 0.1) is 24.0 Å². The zero-order valence-electron chi connectivity index (χ0n) is 10.9. The molecular formula is C14H7ClN4O2S. The maximum absolute atomic E-state index is 12.5. The van der Waals surface area contributed by atoms with Crippen LogP contribution < -0.4 is 0 Å². The van der Waals surface area contributed by atoms with Gasteiger partial charge in [0, 0.05) is 27.7 Å². The zero-order chi connectivity index (χ0) is 15.7. The summed E-state index contributed by atoms with van der Waals surface area (Å²) in [5.41, 5.74) is 0.956. The molecule has 8 heteroatoms. The highest BCUT2D eigenvalue weighted by molar-refractivity contribution is 6.99. The van der Waals surface area contributed by atoms with E-state index in [9.17, 15) is 14.9 Å². The number of nitrogens with one attached hydrogen (secondary N) is 1. The number of benzene rings is 1. The highest BCUT2D eigenvalue weighted by Crippen LogP contribution is 2.25. The molecule has 3 aromatic rings. The molecule has 1 atom stereocenters. The molecular weight excluding hydrogens is 324 g/mol. The highest BCUT2D eigenvalue weighted by Gasteiger charge is 2.31. The van der Waals surface area contributed by atoms with Crippen LogP contribution in [0.4, 0.5) is 0 Å². The van der Waals surface area contributed by atoms with Gasteiger partial charge in [0.1, 0.15) is 5.69 Å². The minimum atomic E-state index is -1.45. The predicted octanol–water partition coefficient (Wildman–Crippen LogP) is 2.88. The van der Waals surface area contributed by atoms with Crippen LogP contribution in [-0.4, -0.2) is 25.3 Å². The number of aromatic amines is 1. The first kappa shape index (κ1) is 14.4. The van der Waals surface area contributed by atoms with Crippen molar-refractivity contribution < 1.29 is 9.59 Å². The lowest BCUT2D eigenvalue weighted by Gasteiger charge is -2.04. The summed E-state index contributed by atoms with van der Waals surface area (Å²) >= 11 is 6.74. The Morgan fingerprint density at radius 2 is 2.18 bits per heavy atom. The average Bonchev–Trinajstić information content (AvgIpc) is 3.16. The quantitative estimate of drug-likeness (QED) is 0.585. The molecule has 0 aliphatic rings. The molecule has 1 aromatic carbocycles. The second kappa shape index (κ2) is 5.67. The van der Waals surface area contributed by atoms with Gasteiger partial charge in [0.2, 0.25) is 5.78 Å². The third-order valence-electron chi connectivity index (χ3n) is 3.18. The largest absolute Gasteiger partial charge is 0.360 e. The molecule has 0 saturated heterocycles. The van der Waals surface area contributed by atoms with E-state index in [4.69, 9.17) is 11.6 Å². The number of halogens is 1. The number of nitrogens with zero attached hydrogens (tertiary/aromatic N) is 3. The second-order valence-electron chi connectivity index (χ2n) is 4.48. The molecule has 0 radical (unpaired) electrons. The number of ketones is 2. The summed E-state index contributed by atoms with van der Waals surface area (Å²) in [4.78, 5) is 27.6. The number of carbonyl (C=O) groups is 2. The predicted molar refractivity (Wildman–Crippen MR) is 81.0 cm³/mol. The number of nitriles is 1. The fourth-order valence-electron chi connectivity index (χ4n) is 2.12. The third-order valence-corrected chi connectivity index (χ3v) is 3.89. The maximum Gasteiger partial charge on any atom is 0.208 e. The maximum atomic E-state index is 12.5. The number of hydrogen-bond donors (Lipinski definition) is 1. The molecule has 0 aliphatic carbocycles. The summed E-state index contributed by atoms with van der Waals surface area (Å²) in [6.07, 6.45) is 2.72. The summed E-state index contributed by atoms with van der Waals surface area (Å²) in [5, 5.41) is 10.3. The van der Waals surface area contributed by atoms with Crippen LogP contribution in [0, 0.1) is 17.2 Å². The number of H-pyrrole nitrogens is 1. The van der Waals surface area contributed by atoms with Crippen LogP contribution in [0.15, 0.2) is 30.6 Å². The number of hydrogen-bond acceptors (Lipinski definition) is 6. The van der Waals surface area contributed by atoms with E-state index in [-0.39, 0.29) is 11.3 Å². The Morgan fingerprint density at radius 1 is 1.36 bits per heavy atom. The van der Waals surface area contributed by atoms with Crippen molar-refractivity contribution in [2.24, 2.45) is 5.92 Å². The second-order valence-corrected chi connectivity index (χ2v) is 5.47. The summed E-state index contributed by atoms with van der Waals surface area (Å²) < 4.78 is 7.48. The molecule has 2 aromatic heterocycles. The van der Waals surface area contributed by atoms with E-state index in [1.54, 1.807) is 24.3 Å². The monoisotopic (exact) mass is 330 g/mol. The van der Waals surface area contributed by atoms with Crippen molar-refractivity contribution in [3.05, 3.63) is 46.9 Å². The lowest BCUT2D eigenvalue weighted by atomic mass is 9.93. The van der Waals surface area contributed by atoms with Gasteiger partial charge < -0.3 is 4.98 Å². The Morgan fingerprint density at radius 3 is 2.86 bits per heavy atom. The Kier molecular flexibility index (Phi) is 3.71. The molecule has 0 aliphatic heterocycles. The average molecular weight is 331 g/mol. The number of rotatable bonds is 4. The summed E-state index contributed by atoms with van der Waals surface area (Å²) in [6.45, 7) is 0. The molecule has 0 amide bonds. The van der Waals surface area contributed by atoms with Gasteiger partial charge in [0.25, 0.3) is 0 Å². The third kappa shape index (κ3) is 2.39. The highest BCUT2D eigenvalue weighted by atomic mass is 35.5. The van der Waals surface area contributed by atoms with E-state index in [2.05, 4.69) is 13.7 Å². The minimum absolute atomic E-state index is 0.0211. The van der Waals surface area contributed by atoms with Gasteiger partial charge in [-0.05, 0) is 12.1 Å². The van der Waals surface area contributed by atoms with Crippen molar-refractivity contribution in [1.29, 1.82) is 5.26 Å². The van der Waals surface area contributed by atoms with Crippen LogP contribution in [-0.2, 0) is 0 Å². The molecule has 6 nitrogen and oxygen atoms in total. The first-order valence-corrected chi connectivity index (χ1v) is 7.25. The fraction of sp³-hybridized carbons (Fsp3) is 0.0714. The lowest BCUT2D eigenvalue weighted by Crippen LogP contribution is -2.23.